The van der Waals surface area contributed by atoms with Crippen LogP contribution in [0.2, 0.25) is 5.02 Å². The SMILES string of the molecule is CCN1C(=O)Cc2cc(NC(=O)c3ccc(Oc4ccncc4)c(Cl)c3)ccc21. The van der Waals surface area contributed by atoms with Crippen LogP contribution < -0.4 is 15.0 Å². The highest BCUT2D eigenvalue weighted by Gasteiger charge is 2.26. The summed E-state index contributed by atoms with van der Waals surface area (Å²) in [4.78, 5) is 30.3. The maximum Gasteiger partial charge on any atom is 0.255 e. The fourth-order valence-electron chi connectivity index (χ4n) is 3.27. The number of carbonyl (C=O) groups excluding carboxylic acids is 2. The lowest BCUT2D eigenvalue weighted by Crippen LogP contribution is -2.25. The van der Waals surface area contributed by atoms with Gasteiger partial charge in [-0.05, 0) is 61.0 Å². The number of halogens is 1. The van der Waals surface area contributed by atoms with Crippen LogP contribution in [0, 0.1) is 0 Å². The van der Waals surface area contributed by atoms with Gasteiger partial charge in [0.2, 0.25) is 5.91 Å². The van der Waals surface area contributed by atoms with E-state index in [9.17, 15) is 9.59 Å². The first-order valence-electron chi connectivity index (χ1n) is 9.17. The molecule has 0 saturated heterocycles. The molecule has 0 atom stereocenters. The number of carbonyl (C=O) groups is 2. The Morgan fingerprint density at radius 1 is 1.17 bits per heavy atom. The zero-order valence-corrected chi connectivity index (χ0v) is 16.4. The van der Waals surface area contributed by atoms with E-state index in [1.807, 2.05) is 19.1 Å². The Labute approximate surface area is 173 Å². The first-order valence-corrected chi connectivity index (χ1v) is 9.55. The molecule has 3 aromatic rings. The van der Waals surface area contributed by atoms with Crippen LogP contribution >= 0.6 is 11.6 Å². The van der Waals surface area contributed by atoms with Gasteiger partial charge in [-0.15, -0.1) is 0 Å². The maximum absolute atomic E-state index is 12.6. The Morgan fingerprint density at radius 2 is 1.97 bits per heavy atom. The molecule has 0 unspecified atom stereocenters. The summed E-state index contributed by atoms with van der Waals surface area (Å²) in [5.41, 5.74) is 2.85. The van der Waals surface area contributed by atoms with Gasteiger partial charge in [-0.2, -0.15) is 0 Å². The molecule has 146 valence electrons. The first kappa shape index (κ1) is 19.0. The van der Waals surface area contributed by atoms with Gasteiger partial charge in [0.1, 0.15) is 11.5 Å². The summed E-state index contributed by atoms with van der Waals surface area (Å²) in [6.45, 7) is 2.57. The Kier molecular flexibility index (Phi) is 5.18. The summed E-state index contributed by atoms with van der Waals surface area (Å²) >= 11 is 6.29. The maximum atomic E-state index is 12.6. The van der Waals surface area contributed by atoms with E-state index in [0.717, 1.165) is 11.3 Å². The second-order valence-electron chi connectivity index (χ2n) is 6.54. The number of anilines is 2. The molecule has 0 radical (unpaired) electrons. The largest absolute Gasteiger partial charge is 0.456 e. The molecule has 2 amide bonds. The number of fused-ring (bicyclic) bond motifs is 1. The first-order chi connectivity index (χ1) is 14.0. The number of rotatable bonds is 5. The van der Waals surface area contributed by atoms with Gasteiger partial charge >= 0.3 is 0 Å². The van der Waals surface area contributed by atoms with Crippen LogP contribution in [0.3, 0.4) is 0 Å². The average Bonchev–Trinajstić information content (AvgIpc) is 3.04. The predicted octanol–water partition coefficient (Wildman–Crippen LogP) is 4.69. The molecular weight excluding hydrogens is 390 g/mol. The second kappa shape index (κ2) is 7.93. The van der Waals surface area contributed by atoms with Crippen molar-refractivity contribution in [3.63, 3.8) is 0 Å². The number of ether oxygens (including phenoxy) is 1. The fourth-order valence-corrected chi connectivity index (χ4v) is 3.49. The number of likely N-dealkylation sites (N-methyl/N-ethyl adjacent to an activating group) is 1. The lowest BCUT2D eigenvalue weighted by molar-refractivity contribution is -0.117. The zero-order chi connectivity index (χ0) is 20.4. The lowest BCUT2D eigenvalue weighted by atomic mass is 10.1. The number of aromatic nitrogens is 1. The number of hydrogen-bond donors (Lipinski definition) is 1. The van der Waals surface area contributed by atoms with Gasteiger partial charge in [-0.3, -0.25) is 14.6 Å². The Balaban J connectivity index is 1.49. The third-order valence-electron chi connectivity index (χ3n) is 4.66. The van der Waals surface area contributed by atoms with Gasteiger partial charge in [0, 0.05) is 35.9 Å². The van der Waals surface area contributed by atoms with Crippen molar-refractivity contribution in [1.29, 1.82) is 0 Å². The van der Waals surface area contributed by atoms with Crippen molar-refractivity contribution in [3.05, 3.63) is 77.1 Å². The van der Waals surface area contributed by atoms with Gasteiger partial charge in [-0.1, -0.05) is 11.6 Å². The zero-order valence-electron chi connectivity index (χ0n) is 15.7. The summed E-state index contributed by atoms with van der Waals surface area (Å²) in [6.07, 6.45) is 3.59. The van der Waals surface area contributed by atoms with Gasteiger partial charge in [0.05, 0.1) is 11.4 Å². The molecule has 0 fully saturated rings. The van der Waals surface area contributed by atoms with E-state index in [1.54, 1.807) is 53.7 Å². The third kappa shape index (κ3) is 3.93. The average molecular weight is 408 g/mol. The normalized spacial score (nSPS) is 12.6. The number of amides is 2. The molecule has 0 aliphatic carbocycles. The smallest absolute Gasteiger partial charge is 0.255 e. The number of nitrogens with one attached hydrogen (secondary N) is 1. The molecule has 6 nitrogen and oxygen atoms in total. The standard InChI is InChI=1S/C22H18ClN3O3/c1-2-26-19-5-4-16(11-15(19)13-21(26)27)25-22(28)14-3-6-20(18(23)12-14)29-17-7-9-24-10-8-17/h3-12H,2,13H2,1H3,(H,25,28). The summed E-state index contributed by atoms with van der Waals surface area (Å²) < 4.78 is 5.70. The van der Waals surface area contributed by atoms with Crippen LogP contribution in [-0.2, 0) is 11.2 Å². The van der Waals surface area contributed by atoms with Crippen LogP contribution in [0.15, 0.2) is 60.9 Å². The van der Waals surface area contributed by atoms with Crippen molar-refractivity contribution < 1.29 is 14.3 Å². The monoisotopic (exact) mass is 407 g/mol. The summed E-state index contributed by atoms with van der Waals surface area (Å²) in [5, 5.41) is 3.18. The van der Waals surface area contributed by atoms with E-state index >= 15 is 0 Å². The molecule has 2 aromatic carbocycles. The number of hydrogen-bond acceptors (Lipinski definition) is 4. The van der Waals surface area contributed by atoms with Crippen molar-refractivity contribution in [3.8, 4) is 11.5 Å². The van der Waals surface area contributed by atoms with Crippen LogP contribution in [-0.4, -0.2) is 23.3 Å². The topological polar surface area (TPSA) is 71.5 Å². The van der Waals surface area contributed by atoms with Crippen molar-refractivity contribution in [2.45, 2.75) is 13.3 Å². The highest BCUT2D eigenvalue weighted by molar-refractivity contribution is 6.32. The van der Waals surface area contributed by atoms with Crippen LogP contribution in [0.1, 0.15) is 22.8 Å². The predicted molar refractivity (Wildman–Crippen MR) is 112 cm³/mol. The van der Waals surface area contributed by atoms with Crippen LogP contribution in [0.5, 0.6) is 11.5 Å². The summed E-state index contributed by atoms with van der Waals surface area (Å²) in [6, 6.07) is 13.8. The Bertz CT molecular complexity index is 1090. The molecule has 0 spiro atoms. The van der Waals surface area contributed by atoms with E-state index in [-0.39, 0.29) is 11.8 Å². The highest BCUT2D eigenvalue weighted by atomic mass is 35.5. The molecule has 7 heteroatoms. The number of pyridine rings is 1. The van der Waals surface area contributed by atoms with Crippen molar-refractivity contribution >= 4 is 34.8 Å². The summed E-state index contributed by atoms with van der Waals surface area (Å²) in [5.74, 6) is 0.833. The van der Waals surface area contributed by atoms with E-state index in [0.29, 0.717) is 40.7 Å². The number of benzene rings is 2. The van der Waals surface area contributed by atoms with Crippen molar-refractivity contribution in [2.24, 2.45) is 0 Å². The van der Waals surface area contributed by atoms with E-state index in [2.05, 4.69) is 10.3 Å². The highest BCUT2D eigenvalue weighted by Crippen LogP contribution is 2.32. The Hall–Kier alpha value is -3.38. The quantitative estimate of drug-likeness (QED) is 0.666. The lowest BCUT2D eigenvalue weighted by Gasteiger charge is -2.15. The van der Waals surface area contributed by atoms with E-state index in [1.165, 1.54) is 0 Å². The molecule has 1 aliphatic heterocycles. The summed E-state index contributed by atoms with van der Waals surface area (Å²) in [7, 11) is 0. The molecule has 1 N–H and O–H groups in total. The van der Waals surface area contributed by atoms with Gasteiger partial charge in [0.25, 0.3) is 5.91 Å². The van der Waals surface area contributed by atoms with Gasteiger partial charge < -0.3 is 15.0 Å². The van der Waals surface area contributed by atoms with Crippen molar-refractivity contribution in [2.75, 3.05) is 16.8 Å². The van der Waals surface area contributed by atoms with E-state index < -0.39 is 0 Å². The minimum absolute atomic E-state index is 0.0718. The molecule has 0 saturated carbocycles. The number of nitrogens with zero attached hydrogens (tertiary/aromatic N) is 2. The molecule has 0 bridgehead atoms. The van der Waals surface area contributed by atoms with Crippen LogP contribution in [0.4, 0.5) is 11.4 Å². The molecule has 4 rings (SSSR count). The molecule has 29 heavy (non-hydrogen) atoms. The van der Waals surface area contributed by atoms with Crippen LogP contribution in [0.25, 0.3) is 0 Å². The fraction of sp³-hybridized carbons (Fsp3) is 0.136. The molecule has 1 aromatic heterocycles. The minimum Gasteiger partial charge on any atom is -0.456 e. The molecule has 1 aliphatic rings. The second-order valence-corrected chi connectivity index (χ2v) is 6.95. The Morgan fingerprint density at radius 3 is 2.69 bits per heavy atom. The molecule has 2 heterocycles. The minimum atomic E-state index is -0.293. The molecular formula is C22H18ClN3O3. The van der Waals surface area contributed by atoms with E-state index in [4.69, 9.17) is 16.3 Å². The van der Waals surface area contributed by atoms with Gasteiger partial charge in [0.15, 0.2) is 0 Å². The van der Waals surface area contributed by atoms with Gasteiger partial charge in [-0.25, -0.2) is 0 Å². The van der Waals surface area contributed by atoms with Crippen molar-refractivity contribution in [1.82, 2.24) is 4.98 Å². The third-order valence-corrected chi connectivity index (χ3v) is 4.95.